The Morgan fingerprint density at radius 1 is 1.14 bits per heavy atom. The first kappa shape index (κ1) is 21.1. The summed E-state index contributed by atoms with van der Waals surface area (Å²) < 4.78 is 64.7. The lowest BCUT2D eigenvalue weighted by Gasteiger charge is -2.28. The topological polar surface area (TPSA) is 44.4 Å². The maximum atomic E-state index is 13.6. The highest BCUT2D eigenvalue weighted by atomic mass is 32.2. The highest BCUT2D eigenvalue weighted by Gasteiger charge is 2.48. The maximum absolute atomic E-state index is 13.6. The minimum absolute atomic E-state index is 0.0164. The van der Waals surface area contributed by atoms with Crippen LogP contribution in [0, 0.1) is 0 Å². The number of hydrazine groups is 1. The number of thioether (sulfide) groups is 1. The average Bonchev–Trinajstić information content (AvgIpc) is 3.05. The van der Waals surface area contributed by atoms with E-state index in [2.05, 4.69) is 10.7 Å². The van der Waals surface area contributed by atoms with E-state index < -0.39 is 23.4 Å². The molecule has 0 saturated carbocycles. The van der Waals surface area contributed by atoms with E-state index in [-0.39, 0.29) is 22.3 Å². The van der Waals surface area contributed by atoms with Crippen LogP contribution in [-0.2, 0) is 4.79 Å². The van der Waals surface area contributed by atoms with Gasteiger partial charge in [0.05, 0.1) is 0 Å². The van der Waals surface area contributed by atoms with E-state index in [0.29, 0.717) is 11.1 Å². The van der Waals surface area contributed by atoms with E-state index in [1.54, 1.807) is 18.2 Å². The quantitative estimate of drug-likeness (QED) is 0.526. The van der Waals surface area contributed by atoms with Gasteiger partial charge in [-0.1, -0.05) is 30.3 Å². The van der Waals surface area contributed by atoms with Gasteiger partial charge in [0.1, 0.15) is 0 Å². The number of carbonyl (C=O) groups excluding carboxylic acids is 1. The molecule has 1 aliphatic heterocycles. The normalized spacial score (nSPS) is 19.1. The van der Waals surface area contributed by atoms with Crippen molar-refractivity contribution in [2.24, 2.45) is 0 Å². The number of alkyl halides is 5. The van der Waals surface area contributed by atoms with Gasteiger partial charge in [0.15, 0.2) is 5.54 Å². The van der Waals surface area contributed by atoms with Crippen molar-refractivity contribution in [2.45, 2.75) is 22.4 Å². The van der Waals surface area contributed by atoms with Gasteiger partial charge < -0.3 is 10.3 Å². The summed E-state index contributed by atoms with van der Waals surface area (Å²) in [7, 11) is 1.49. The molecule has 2 N–H and O–H groups in total. The van der Waals surface area contributed by atoms with Gasteiger partial charge in [-0.3, -0.25) is 4.79 Å². The Balaban J connectivity index is 1.86. The van der Waals surface area contributed by atoms with E-state index in [1.165, 1.54) is 48.6 Å². The highest BCUT2D eigenvalue weighted by molar-refractivity contribution is 8.00. The summed E-state index contributed by atoms with van der Waals surface area (Å²) in [6, 6.07) is 12.0. The minimum atomic E-state index is -4.40. The summed E-state index contributed by atoms with van der Waals surface area (Å²) in [6.07, 6.45) is -0.595. The summed E-state index contributed by atoms with van der Waals surface area (Å²) in [5, 5.41) is 3.76. The van der Waals surface area contributed by atoms with Crippen molar-refractivity contribution in [2.75, 3.05) is 12.4 Å². The van der Waals surface area contributed by atoms with Crippen LogP contribution in [0.25, 0.3) is 11.1 Å². The summed E-state index contributed by atoms with van der Waals surface area (Å²) in [5.74, 6) is -0.954. The number of halogens is 5. The second-order valence-corrected chi connectivity index (χ2v) is 7.42. The van der Waals surface area contributed by atoms with Gasteiger partial charge in [0.2, 0.25) is 0 Å². The van der Waals surface area contributed by atoms with Crippen LogP contribution < -0.4 is 10.7 Å². The monoisotopic (exact) mass is 429 g/mol. The van der Waals surface area contributed by atoms with Crippen LogP contribution in [0.1, 0.15) is 0 Å². The third-order valence-electron chi connectivity index (χ3n) is 4.22. The molecule has 4 nitrogen and oxygen atoms in total. The van der Waals surface area contributed by atoms with E-state index in [9.17, 15) is 26.7 Å². The molecule has 0 fully saturated rings. The smallest absolute Gasteiger partial charge is 0.323 e. The van der Waals surface area contributed by atoms with E-state index in [0.717, 1.165) is 6.08 Å². The van der Waals surface area contributed by atoms with Crippen LogP contribution in [0.4, 0.5) is 27.6 Å². The number of carbonyl (C=O) groups is 1. The molecule has 1 unspecified atom stereocenters. The molecule has 1 aliphatic rings. The van der Waals surface area contributed by atoms with Gasteiger partial charge in [0.25, 0.3) is 12.3 Å². The molecule has 10 heteroatoms. The zero-order valence-corrected chi connectivity index (χ0v) is 15.8. The number of hydrogen-bond donors (Lipinski definition) is 2. The van der Waals surface area contributed by atoms with E-state index in [4.69, 9.17) is 0 Å². The van der Waals surface area contributed by atoms with Crippen molar-refractivity contribution < 1.29 is 26.7 Å². The Hall–Kier alpha value is -2.59. The molecule has 1 amide bonds. The summed E-state index contributed by atoms with van der Waals surface area (Å²) in [5.41, 5.74) is -2.90. The molecule has 2 aromatic rings. The molecule has 29 heavy (non-hydrogen) atoms. The second kappa shape index (κ2) is 8.03. The lowest BCUT2D eigenvalue weighted by molar-refractivity contribution is -0.127. The number of benzene rings is 2. The number of para-hydroxylation sites is 1. The standard InChI is InChI=1S/C19H16F5N3OS/c1-27-11-10-18(26-27,16(20)21)17(28)25-15-5-3-2-4-14(15)12-6-8-13(9-7-12)29-19(22,23)24/h2-11,16,26H,1H3,(H,25,28). The van der Waals surface area contributed by atoms with Gasteiger partial charge >= 0.3 is 5.51 Å². The fourth-order valence-electron chi connectivity index (χ4n) is 2.85. The molecule has 0 aliphatic carbocycles. The average molecular weight is 429 g/mol. The SMILES string of the molecule is CN1C=CC(C(=O)Nc2ccccc2-c2ccc(SC(F)(F)F)cc2)(C(F)F)N1. The van der Waals surface area contributed by atoms with Crippen LogP contribution in [-0.4, -0.2) is 35.4 Å². The zero-order chi connectivity index (χ0) is 21.2. The number of nitrogens with one attached hydrogen (secondary N) is 2. The van der Waals surface area contributed by atoms with Crippen molar-refractivity contribution in [1.29, 1.82) is 0 Å². The van der Waals surface area contributed by atoms with Crippen LogP contribution in [0.5, 0.6) is 0 Å². The molecule has 0 radical (unpaired) electrons. The molecular weight excluding hydrogens is 413 g/mol. The lowest BCUT2D eigenvalue weighted by Crippen LogP contribution is -2.58. The number of rotatable bonds is 5. The van der Waals surface area contributed by atoms with Crippen molar-refractivity contribution in [3.8, 4) is 11.1 Å². The van der Waals surface area contributed by atoms with Crippen LogP contribution in [0.15, 0.2) is 65.7 Å². The Morgan fingerprint density at radius 2 is 1.79 bits per heavy atom. The van der Waals surface area contributed by atoms with E-state index >= 15 is 0 Å². The Kier molecular flexibility index (Phi) is 5.85. The summed E-state index contributed by atoms with van der Waals surface area (Å²) in [4.78, 5) is 12.7. The van der Waals surface area contributed by atoms with Gasteiger partial charge in [-0.15, -0.1) is 0 Å². The first-order valence-electron chi connectivity index (χ1n) is 8.35. The fraction of sp³-hybridized carbons (Fsp3) is 0.211. The molecule has 0 spiro atoms. The fourth-order valence-corrected chi connectivity index (χ4v) is 3.39. The maximum Gasteiger partial charge on any atom is 0.446 e. The Bertz CT molecular complexity index is 917. The van der Waals surface area contributed by atoms with Gasteiger partial charge in [0, 0.05) is 29.4 Å². The molecule has 154 valence electrons. The first-order valence-corrected chi connectivity index (χ1v) is 9.17. The van der Waals surface area contributed by atoms with Crippen molar-refractivity contribution in [1.82, 2.24) is 10.4 Å². The second-order valence-electron chi connectivity index (χ2n) is 6.28. The molecule has 3 rings (SSSR count). The van der Waals surface area contributed by atoms with Gasteiger partial charge in [-0.05, 0) is 41.6 Å². The summed E-state index contributed by atoms with van der Waals surface area (Å²) in [6.45, 7) is 0. The molecule has 0 saturated heterocycles. The summed E-state index contributed by atoms with van der Waals surface area (Å²) >= 11 is -0.234. The zero-order valence-electron chi connectivity index (χ0n) is 15.0. The third kappa shape index (κ3) is 4.70. The predicted molar refractivity (Wildman–Crippen MR) is 101 cm³/mol. The number of amides is 1. The molecule has 1 heterocycles. The molecule has 0 bridgehead atoms. The van der Waals surface area contributed by atoms with Crippen molar-refractivity contribution in [3.05, 3.63) is 60.8 Å². The predicted octanol–water partition coefficient (Wildman–Crippen LogP) is 4.87. The Labute approximate surface area is 167 Å². The molecule has 0 aromatic heterocycles. The number of nitrogens with zero attached hydrogens (tertiary/aromatic N) is 1. The van der Waals surface area contributed by atoms with Crippen LogP contribution >= 0.6 is 11.8 Å². The first-order chi connectivity index (χ1) is 13.6. The van der Waals surface area contributed by atoms with Gasteiger partial charge in [-0.2, -0.15) is 13.2 Å². The number of hydrogen-bond acceptors (Lipinski definition) is 4. The van der Waals surface area contributed by atoms with Crippen LogP contribution in [0.3, 0.4) is 0 Å². The third-order valence-corrected chi connectivity index (χ3v) is 4.96. The van der Waals surface area contributed by atoms with Gasteiger partial charge in [-0.25, -0.2) is 14.2 Å². The van der Waals surface area contributed by atoms with E-state index in [1.807, 2.05) is 0 Å². The molecular formula is C19H16F5N3OS. The largest absolute Gasteiger partial charge is 0.446 e. The molecule has 2 aromatic carbocycles. The van der Waals surface area contributed by atoms with Crippen molar-refractivity contribution >= 4 is 23.4 Å². The van der Waals surface area contributed by atoms with Crippen LogP contribution in [0.2, 0.25) is 0 Å². The highest BCUT2D eigenvalue weighted by Crippen LogP contribution is 2.38. The Morgan fingerprint density at radius 3 is 2.34 bits per heavy atom. The lowest BCUT2D eigenvalue weighted by atomic mass is 9.99. The molecule has 1 atom stereocenters. The minimum Gasteiger partial charge on any atom is -0.323 e. The number of anilines is 1. The van der Waals surface area contributed by atoms with Crippen molar-refractivity contribution in [3.63, 3.8) is 0 Å².